The van der Waals surface area contributed by atoms with Crippen molar-refractivity contribution in [2.45, 2.75) is 24.6 Å². The van der Waals surface area contributed by atoms with Gasteiger partial charge in [0.15, 0.2) is 0 Å². The molecule has 1 aliphatic rings. The highest BCUT2D eigenvalue weighted by atomic mass is 79.9. The molecule has 0 spiro atoms. The van der Waals surface area contributed by atoms with Gasteiger partial charge >= 0.3 is 0 Å². The van der Waals surface area contributed by atoms with E-state index in [9.17, 15) is 14.0 Å². The van der Waals surface area contributed by atoms with Gasteiger partial charge in [-0.15, -0.1) is 11.8 Å². The molecule has 0 aliphatic heterocycles. The molecule has 4 nitrogen and oxygen atoms in total. The van der Waals surface area contributed by atoms with Crippen LogP contribution in [0.4, 0.5) is 10.1 Å². The lowest BCUT2D eigenvalue weighted by Gasteiger charge is -2.08. The lowest BCUT2D eigenvalue weighted by molar-refractivity contribution is -0.113. The highest BCUT2D eigenvalue weighted by Crippen LogP contribution is 2.23. The van der Waals surface area contributed by atoms with E-state index in [0.717, 1.165) is 18.4 Å². The van der Waals surface area contributed by atoms with Crippen molar-refractivity contribution >= 4 is 45.2 Å². The third-order valence-corrected chi connectivity index (χ3v) is 5.55. The third-order valence-electron chi connectivity index (χ3n) is 3.83. The van der Waals surface area contributed by atoms with E-state index < -0.39 is 0 Å². The highest BCUT2D eigenvalue weighted by Gasteiger charge is 2.23. The third kappa shape index (κ3) is 5.57. The first-order valence-electron chi connectivity index (χ1n) is 8.24. The molecule has 136 valence electrons. The zero-order valence-electron chi connectivity index (χ0n) is 13.9. The number of nitrogens with one attached hydrogen (secondary N) is 2. The monoisotopic (exact) mass is 436 g/mol. The van der Waals surface area contributed by atoms with Crippen molar-refractivity contribution in [3.05, 3.63) is 63.9 Å². The summed E-state index contributed by atoms with van der Waals surface area (Å²) in [7, 11) is 0. The molecule has 2 amide bonds. The molecule has 0 unspecified atom stereocenters. The van der Waals surface area contributed by atoms with Crippen LogP contribution in [0, 0.1) is 5.82 Å². The summed E-state index contributed by atoms with van der Waals surface area (Å²) >= 11 is 4.76. The minimum Gasteiger partial charge on any atom is -0.349 e. The Morgan fingerprint density at radius 2 is 2.00 bits per heavy atom. The van der Waals surface area contributed by atoms with Crippen LogP contribution >= 0.6 is 27.7 Å². The number of amides is 2. The molecule has 0 atom stereocenters. The van der Waals surface area contributed by atoms with E-state index in [2.05, 4.69) is 26.6 Å². The average molecular weight is 437 g/mol. The molecule has 0 saturated heterocycles. The van der Waals surface area contributed by atoms with Gasteiger partial charge in [0.1, 0.15) is 5.82 Å². The molecule has 0 bridgehead atoms. The maximum absolute atomic E-state index is 13.1. The van der Waals surface area contributed by atoms with Crippen molar-refractivity contribution in [3.8, 4) is 0 Å². The predicted molar refractivity (Wildman–Crippen MR) is 106 cm³/mol. The summed E-state index contributed by atoms with van der Waals surface area (Å²) in [5, 5.41) is 5.73. The number of thioether (sulfide) groups is 1. The van der Waals surface area contributed by atoms with E-state index in [1.807, 2.05) is 0 Å². The molecule has 2 aromatic carbocycles. The topological polar surface area (TPSA) is 58.2 Å². The summed E-state index contributed by atoms with van der Waals surface area (Å²) in [4.78, 5) is 24.2. The van der Waals surface area contributed by atoms with Crippen LogP contribution in [0.2, 0.25) is 0 Å². The van der Waals surface area contributed by atoms with Gasteiger partial charge in [-0.05, 0) is 48.7 Å². The average Bonchev–Trinajstić information content (AvgIpc) is 3.41. The second kappa shape index (κ2) is 8.68. The summed E-state index contributed by atoms with van der Waals surface area (Å²) in [5.41, 5.74) is 2.07. The van der Waals surface area contributed by atoms with Crippen molar-refractivity contribution in [2.24, 2.45) is 0 Å². The Labute approximate surface area is 164 Å². The molecule has 7 heteroatoms. The van der Waals surface area contributed by atoms with Crippen LogP contribution in [0.15, 0.2) is 46.9 Å². The molecule has 1 fully saturated rings. The number of benzene rings is 2. The van der Waals surface area contributed by atoms with E-state index in [1.54, 1.807) is 30.3 Å². The number of rotatable bonds is 7. The van der Waals surface area contributed by atoms with Gasteiger partial charge in [-0.2, -0.15) is 0 Å². The molecular formula is C19H18BrFN2O2S. The van der Waals surface area contributed by atoms with Crippen molar-refractivity contribution in [2.75, 3.05) is 11.1 Å². The largest absolute Gasteiger partial charge is 0.349 e. The molecular weight excluding hydrogens is 419 g/mol. The smallest absolute Gasteiger partial charge is 0.251 e. The Morgan fingerprint density at radius 1 is 1.19 bits per heavy atom. The van der Waals surface area contributed by atoms with Crippen LogP contribution in [0.5, 0.6) is 0 Å². The van der Waals surface area contributed by atoms with Crippen LogP contribution in [0.25, 0.3) is 0 Å². The van der Waals surface area contributed by atoms with E-state index in [4.69, 9.17) is 0 Å². The number of anilines is 1. The van der Waals surface area contributed by atoms with Crippen LogP contribution in [0.3, 0.4) is 0 Å². The molecule has 1 saturated carbocycles. The fourth-order valence-corrected chi connectivity index (χ4v) is 3.83. The fourth-order valence-electron chi connectivity index (χ4n) is 2.32. The van der Waals surface area contributed by atoms with Gasteiger partial charge in [-0.3, -0.25) is 9.59 Å². The van der Waals surface area contributed by atoms with Crippen LogP contribution < -0.4 is 10.6 Å². The quantitative estimate of drug-likeness (QED) is 0.677. The van der Waals surface area contributed by atoms with E-state index in [-0.39, 0.29) is 23.4 Å². The van der Waals surface area contributed by atoms with Crippen molar-refractivity contribution in [3.63, 3.8) is 0 Å². The summed E-state index contributed by atoms with van der Waals surface area (Å²) in [6, 6.07) is 11.7. The standard InChI is InChI=1S/C19H18BrFN2O2S/c20-17-9-14(21)5-4-13(17)10-26-11-18(24)22-16-3-1-2-12(8-16)19(25)23-15-6-7-15/h1-5,8-9,15H,6-7,10-11H2,(H,22,24)(H,23,25). The van der Waals surface area contributed by atoms with E-state index in [1.165, 1.54) is 23.9 Å². The number of hydrogen-bond acceptors (Lipinski definition) is 3. The van der Waals surface area contributed by atoms with Gasteiger partial charge in [0, 0.05) is 27.5 Å². The SMILES string of the molecule is O=C(CSCc1ccc(F)cc1Br)Nc1cccc(C(=O)NC2CC2)c1. The zero-order chi connectivity index (χ0) is 18.5. The van der Waals surface area contributed by atoms with Crippen molar-refractivity contribution < 1.29 is 14.0 Å². The Morgan fingerprint density at radius 3 is 2.73 bits per heavy atom. The predicted octanol–water partition coefficient (Wildman–Crippen LogP) is 4.35. The Bertz CT molecular complexity index is 827. The summed E-state index contributed by atoms with van der Waals surface area (Å²) in [6.45, 7) is 0. The van der Waals surface area contributed by atoms with Gasteiger partial charge in [0.2, 0.25) is 5.91 Å². The number of hydrogen-bond donors (Lipinski definition) is 2. The first-order chi connectivity index (χ1) is 12.5. The van der Waals surface area contributed by atoms with Crippen LogP contribution in [-0.4, -0.2) is 23.6 Å². The van der Waals surface area contributed by atoms with Crippen molar-refractivity contribution in [1.29, 1.82) is 0 Å². The molecule has 2 N–H and O–H groups in total. The lowest BCUT2D eigenvalue weighted by Crippen LogP contribution is -2.25. The molecule has 2 aromatic rings. The summed E-state index contributed by atoms with van der Waals surface area (Å²) in [5.74, 6) is 0.307. The van der Waals surface area contributed by atoms with Gasteiger partial charge in [0.05, 0.1) is 5.75 Å². The second-order valence-corrected chi connectivity index (χ2v) is 7.95. The number of carbonyl (C=O) groups is 2. The van der Waals surface area contributed by atoms with Crippen LogP contribution in [0.1, 0.15) is 28.8 Å². The molecule has 1 aliphatic carbocycles. The summed E-state index contributed by atoms with van der Waals surface area (Å²) < 4.78 is 13.8. The Hall–Kier alpha value is -1.86. The normalized spacial score (nSPS) is 13.3. The van der Waals surface area contributed by atoms with Crippen molar-refractivity contribution in [1.82, 2.24) is 5.32 Å². The van der Waals surface area contributed by atoms with Gasteiger partial charge in [0.25, 0.3) is 5.91 Å². The first kappa shape index (κ1) is 18.9. The molecule has 3 rings (SSSR count). The highest BCUT2D eigenvalue weighted by molar-refractivity contribution is 9.10. The second-order valence-electron chi connectivity index (χ2n) is 6.11. The maximum Gasteiger partial charge on any atom is 0.251 e. The van der Waals surface area contributed by atoms with E-state index in [0.29, 0.717) is 27.5 Å². The zero-order valence-corrected chi connectivity index (χ0v) is 16.3. The molecule has 0 aromatic heterocycles. The Kier molecular flexibility index (Phi) is 6.32. The molecule has 0 radical (unpaired) electrons. The molecule has 0 heterocycles. The van der Waals surface area contributed by atoms with Gasteiger partial charge < -0.3 is 10.6 Å². The minimum atomic E-state index is -0.297. The van der Waals surface area contributed by atoms with Gasteiger partial charge in [-0.1, -0.05) is 28.1 Å². The fraction of sp³-hybridized carbons (Fsp3) is 0.263. The first-order valence-corrected chi connectivity index (χ1v) is 10.2. The lowest BCUT2D eigenvalue weighted by atomic mass is 10.2. The molecule has 26 heavy (non-hydrogen) atoms. The number of halogens is 2. The van der Waals surface area contributed by atoms with E-state index >= 15 is 0 Å². The number of carbonyl (C=O) groups excluding carboxylic acids is 2. The minimum absolute atomic E-state index is 0.112. The van der Waals surface area contributed by atoms with Gasteiger partial charge in [-0.25, -0.2) is 4.39 Å². The summed E-state index contributed by atoms with van der Waals surface area (Å²) in [6.07, 6.45) is 2.06. The Balaban J connectivity index is 1.49. The maximum atomic E-state index is 13.1. The van der Waals surface area contributed by atoms with Crippen LogP contribution in [-0.2, 0) is 10.5 Å².